The summed E-state index contributed by atoms with van der Waals surface area (Å²) in [5, 5.41) is 15.4. The summed E-state index contributed by atoms with van der Waals surface area (Å²) in [6, 6.07) is 20.6. The van der Waals surface area contributed by atoms with Gasteiger partial charge in [-0.3, -0.25) is 14.9 Å². The van der Waals surface area contributed by atoms with Gasteiger partial charge in [0, 0.05) is 23.9 Å². The Bertz CT molecular complexity index is 1580. The summed E-state index contributed by atoms with van der Waals surface area (Å²) < 4.78 is 35.4. The van der Waals surface area contributed by atoms with Crippen molar-refractivity contribution in [1.29, 1.82) is 0 Å². The van der Waals surface area contributed by atoms with Gasteiger partial charge >= 0.3 is 5.97 Å². The molecule has 0 aliphatic rings. The first-order chi connectivity index (χ1) is 19.1. The number of rotatable bonds is 11. The van der Waals surface area contributed by atoms with Gasteiger partial charge in [0.05, 0.1) is 27.8 Å². The van der Waals surface area contributed by atoms with Crippen molar-refractivity contribution in [1.82, 2.24) is 14.5 Å². The first-order valence-electron chi connectivity index (χ1n) is 12.8. The van der Waals surface area contributed by atoms with Crippen molar-refractivity contribution in [2.75, 3.05) is 6.61 Å². The average Bonchev–Trinajstić information content (AvgIpc) is 3.43. The van der Waals surface area contributed by atoms with Crippen LogP contribution in [-0.4, -0.2) is 41.7 Å². The number of hydrogen-bond acceptors (Lipinski definition) is 7. The first kappa shape index (κ1) is 28.7. The summed E-state index contributed by atoms with van der Waals surface area (Å²) in [6.07, 6.45) is 1.85. The molecule has 1 unspecified atom stereocenters. The van der Waals surface area contributed by atoms with Crippen LogP contribution < -0.4 is 4.72 Å². The van der Waals surface area contributed by atoms with E-state index in [0.717, 1.165) is 16.7 Å². The minimum atomic E-state index is -3.97. The molecule has 1 heterocycles. The summed E-state index contributed by atoms with van der Waals surface area (Å²) in [4.78, 5) is 23.2. The predicted molar refractivity (Wildman–Crippen MR) is 151 cm³/mol. The maximum absolute atomic E-state index is 13.1. The number of esters is 1. The van der Waals surface area contributed by atoms with Gasteiger partial charge < -0.3 is 4.74 Å². The predicted octanol–water partition coefficient (Wildman–Crippen LogP) is 5.02. The van der Waals surface area contributed by atoms with Gasteiger partial charge in [0.25, 0.3) is 5.69 Å². The average molecular weight is 563 g/mol. The molecule has 40 heavy (non-hydrogen) atoms. The Labute approximate surface area is 232 Å². The van der Waals surface area contributed by atoms with Gasteiger partial charge in [-0.05, 0) is 60.7 Å². The minimum Gasteiger partial charge on any atom is -0.465 e. The second kappa shape index (κ2) is 12.2. The number of nitrogens with zero attached hydrogens (tertiary/aromatic N) is 3. The minimum absolute atomic E-state index is 0.000774. The highest BCUT2D eigenvalue weighted by atomic mass is 32.2. The van der Waals surface area contributed by atoms with Crippen LogP contribution in [0, 0.1) is 10.1 Å². The number of carbonyl (C=O) groups excluding carboxylic acids is 1. The molecule has 4 rings (SSSR count). The zero-order valence-corrected chi connectivity index (χ0v) is 23.2. The second-order valence-corrected chi connectivity index (χ2v) is 11.2. The lowest BCUT2D eigenvalue weighted by Crippen LogP contribution is -2.43. The molecule has 4 aromatic rings. The zero-order valence-electron chi connectivity index (χ0n) is 22.4. The Hall–Kier alpha value is -4.35. The first-order valence-corrected chi connectivity index (χ1v) is 14.2. The quantitative estimate of drug-likeness (QED) is 0.154. The molecular weight excluding hydrogens is 532 g/mol. The molecular formula is C29H30N4O6S. The normalized spacial score (nSPS) is 12.3. The van der Waals surface area contributed by atoms with Gasteiger partial charge in [0.2, 0.25) is 10.0 Å². The van der Waals surface area contributed by atoms with Gasteiger partial charge in [-0.2, -0.15) is 9.82 Å². The van der Waals surface area contributed by atoms with Crippen LogP contribution in [-0.2, 0) is 26.0 Å². The van der Waals surface area contributed by atoms with E-state index in [1.807, 2.05) is 32.0 Å². The van der Waals surface area contributed by atoms with Crippen LogP contribution >= 0.6 is 0 Å². The summed E-state index contributed by atoms with van der Waals surface area (Å²) in [6.45, 7) is 5.83. The monoisotopic (exact) mass is 562 g/mol. The van der Waals surface area contributed by atoms with Gasteiger partial charge in [0.1, 0.15) is 6.04 Å². The highest BCUT2D eigenvalue weighted by Gasteiger charge is 2.27. The van der Waals surface area contributed by atoms with E-state index in [-0.39, 0.29) is 29.5 Å². The molecule has 0 saturated carbocycles. The fourth-order valence-electron chi connectivity index (χ4n) is 4.10. The van der Waals surface area contributed by atoms with Crippen molar-refractivity contribution in [3.05, 3.63) is 106 Å². The van der Waals surface area contributed by atoms with Crippen molar-refractivity contribution in [2.24, 2.45) is 0 Å². The van der Waals surface area contributed by atoms with E-state index in [0.29, 0.717) is 11.4 Å². The van der Waals surface area contributed by atoms with Crippen LogP contribution in [0.1, 0.15) is 37.8 Å². The molecule has 0 radical (unpaired) electrons. The van der Waals surface area contributed by atoms with Crippen LogP contribution in [0.25, 0.3) is 16.9 Å². The lowest BCUT2D eigenvalue weighted by atomic mass is 10.0. The number of benzene rings is 3. The number of nitro groups is 1. The van der Waals surface area contributed by atoms with E-state index >= 15 is 0 Å². The molecule has 10 nitrogen and oxygen atoms in total. The van der Waals surface area contributed by atoms with Crippen molar-refractivity contribution in [3.63, 3.8) is 0 Å². The van der Waals surface area contributed by atoms with Crippen LogP contribution in [0.3, 0.4) is 0 Å². The van der Waals surface area contributed by atoms with E-state index in [9.17, 15) is 23.3 Å². The van der Waals surface area contributed by atoms with Crippen LogP contribution in [0.2, 0.25) is 0 Å². The Kier molecular flexibility index (Phi) is 8.76. The Morgan fingerprint density at radius 2 is 1.65 bits per heavy atom. The van der Waals surface area contributed by atoms with E-state index < -0.39 is 27.0 Å². The molecule has 0 aliphatic carbocycles. The molecule has 0 spiro atoms. The third-order valence-electron chi connectivity index (χ3n) is 6.33. The lowest BCUT2D eigenvalue weighted by molar-refractivity contribution is -0.384. The number of non-ortho nitro benzene ring substituents is 1. The smallest absolute Gasteiger partial charge is 0.324 e. The highest BCUT2D eigenvalue weighted by Crippen LogP contribution is 2.22. The molecule has 3 aromatic carbocycles. The van der Waals surface area contributed by atoms with Crippen molar-refractivity contribution in [2.45, 2.75) is 44.0 Å². The van der Waals surface area contributed by atoms with Crippen molar-refractivity contribution < 1.29 is 22.9 Å². The SMILES string of the molecule is CCOC(=O)C(Cc1ccc(-c2ccn(-c3ccc([N+](=O)[O-])cc3)n2)cc1)NS(=O)(=O)c1ccc(C(C)C)cc1. The number of ether oxygens (including phenoxy) is 1. The maximum atomic E-state index is 13.1. The molecule has 1 aromatic heterocycles. The topological polar surface area (TPSA) is 133 Å². The fraction of sp³-hybridized carbons (Fsp3) is 0.241. The van der Waals surface area contributed by atoms with Crippen LogP contribution in [0.4, 0.5) is 5.69 Å². The Balaban J connectivity index is 1.49. The highest BCUT2D eigenvalue weighted by molar-refractivity contribution is 7.89. The van der Waals surface area contributed by atoms with E-state index in [4.69, 9.17) is 4.74 Å². The molecule has 0 aliphatic heterocycles. The number of hydrogen-bond donors (Lipinski definition) is 1. The van der Waals surface area contributed by atoms with Crippen LogP contribution in [0.15, 0.2) is 90.0 Å². The number of aromatic nitrogens is 2. The van der Waals surface area contributed by atoms with Gasteiger partial charge in [-0.1, -0.05) is 50.2 Å². The molecule has 0 amide bonds. The van der Waals surface area contributed by atoms with E-state index in [1.54, 1.807) is 54.2 Å². The summed E-state index contributed by atoms with van der Waals surface area (Å²) in [7, 11) is -3.97. The third kappa shape index (κ3) is 6.80. The number of nitrogens with one attached hydrogen (secondary N) is 1. The maximum Gasteiger partial charge on any atom is 0.324 e. The van der Waals surface area contributed by atoms with Gasteiger partial charge in [-0.15, -0.1) is 0 Å². The molecule has 1 atom stereocenters. The summed E-state index contributed by atoms with van der Waals surface area (Å²) in [5.74, 6) is -0.396. The van der Waals surface area contributed by atoms with Crippen molar-refractivity contribution in [3.8, 4) is 16.9 Å². The van der Waals surface area contributed by atoms with Crippen LogP contribution in [0.5, 0.6) is 0 Å². The number of nitro benzene ring substituents is 1. The van der Waals surface area contributed by atoms with E-state index in [1.165, 1.54) is 24.3 Å². The summed E-state index contributed by atoms with van der Waals surface area (Å²) in [5.41, 5.74) is 3.91. The zero-order chi connectivity index (χ0) is 28.9. The number of sulfonamides is 1. The standard InChI is InChI=1S/C29H30N4O6S/c1-4-39-29(34)28(31-40(37,38)26-15-9-22(10-16-26)20(2)3)19-21-5-7-23(8-6-21)27-17-18-32(30-27)24-11-13-25(14-12-24)33(35)36/h5-18,20,28,31H,4,19H2,1-3H3. The Morgan fingerprint density at radius 1 is 1.00 bits per heavy atom. The number of carbonyl (C=O) groups is 1. The molecule has 0 fully saturated rings. The molecule has 0 bridgehead atoms. The summed E-state index contributed by atoms with van der Waals surface area (Å²) >= 11 is 0. The second-order valence-electron chi connectivity index (χ2n) is 9.47. The molecule has 11 heteroatoms. The largest absolute Gasteiger partial charge is 0.465 e. The van der Waals surface area contributed by atoms with E-state index in [2.05, 4.69) is 9.82 Å². The molecule has 0 saturated heterocycles. The fourth-order valence-corrected chi connectivity index (χ4v) is 5.28. The third-order valence-corrected chi connectivity index (χ3v) is 7.82. The van der Waals surface area contributed by atoms with Gasteiger partial charge in [0.15, 0.2) is 0 Å². The lowest BCUT2D eigenvalue weighted by Gasteiger charge is -2.18. The molecule has 1 N–H and O–H groups in total. The van der Waals surface area contributed by atoms with Crippen molar-refractivity contribution >= 4 is 21.7 Å². The Morgan fingerprint density at radius 3 is 2.23 bits per heavy atom. The molecule has 208 valence electrons. The van der Waals surface area contributed by atoms with Gasteiger partial charge in [-0.25, -0.2) is 13.1 Å².